The van der Waals surface area contributed by atoms with Crippen LogP contribution in [0.15, 0.2) is 68.9 Å². The van der Waals surface area contributed by atoms with Crippen LogP contribution in [-0.4, -0.2) is 9.97 Å². The Kier molecular flexibility index (Phi) is 3.01. The topological polar surface area (TPSA) is 76.0 Å². The number of H-pyrrole nitrogens is 1. The minimum Gasteiger partial charge on any atom is -0.411 e. The predicted molar refractivity (Wildman–Crippen MR) is 76.0 cm³/mol. The van der Waals surface area contributed by atoms with Crippen LogP contribution in [0.5, 0.6) is 0 Å². The zero-order valence-corrected chi connectivity index (χ0v) is 10.4. The summed E-state index contributed by atoms with van der Waals surface area (Å²) in [6.07, 6.45) is 1.05. The summed E-state index contributed by atoms with van der Waals surface area (Å²) in [5, 5.41) is 0.697. The summed E-state index contributed by atoms with van der Waals surface area (Å²) >= 11 is 0. The van der Waals surface area contributed by atoms with E-state index < -0.39 is 5.63 Å². The van der Waals surface area contributed by atoms with Crippen LogP contribution in [-0.2, 0) is 0 Å². The van der Waals surface area contributed by atoms with Gasteiger partial charge in [0, 0.05) is 0 Å². The Bertz CT molecular complexity index is 956. The molecule has 0 aliphatic rings. The second kappa shape index (κ2) is 4.97. The van der Waals surface area contributed by atoms with Gasteiger partial charge in [0.2, 0.25) is 0 Å². The molecule has 1 heterocycles. The van der Waals surface area contributed by atoms with Gasteiger partial charge >= 0.3 is 5.63 Å². The maximum Gasteiger partial charge on any atom is 0.346 e. The summed E-state index contributed by atoms with van der Waals surface area (Å²) in [7, 11) is 0. The first-order valence-electron chi connectivity index (χ1n) is 5.98. The summed E-state index contributed by atoms with van der Waals surface area (Å²) in [6.45, 7) is 0. The standard InChI is InChI=1S/C15H10N2O3/c18-14-10-5-1-3-7-12(10)16-9-20-15(19)11-6-2-4-8-13(11)17-14/h1-9H,(H,17,18). The Labute approximate surface area is 112 Å². The van der Waals surface area contributed by atoms with Crippen molar-refractivity contribution in [2.75, 3.05) is 0 Å². The SMILES string of the molecule is O=c1[nH]c2ccccc2c(=O)ocnc2ccccc12. The third-order valence-electron chi connectivity index (χ3n) is 2.90. The highest BCUT2D eigenvalue weighted by atomic mass is 16.4. The first kappa shape index (κ1) is 12.1. The quantitative estimate of drug-likeness (QED) is 0.676. The molecule has 5 heteroatoms. The molecule has 5 nitrogen and oxygen atoms in total. The molecule has 1 N–H and O–H groups in total. The Morgan fingerprint density at radius 3 is 2.45 bits per heavy atom. The van der Waals surface area contributed by atoms with Crippen LogP contribution in [0.4, 0.5) is 0 Å². The normalized spacial score (nSPS) is 10.4. The molecule has 0 spiro atoms. The molecule has 2 aromatic carbocycles. The van der Waals surface area contributed by atoms with Crippen molar-refractivity contribution in [1.29, 1.82) is 0 Å². The average molecular weight is 266 g/mol. The highest BCUT2D eigenvalue weighted by molar-refractivity contribution is 5.79. The maximum atomic E-state index is 12.3. The van der Waals surface area contributed by atoms with E-state index in [1.165, 1.54) is 0 Å². The van der Waals surface area contributed by atoms with Gasteiger partial charge in [0.25, 0.3) is 5.56 Å². The van der Waals surface area contributed by atoms with Crippen molar-refractivity contribution in [2.24, 2.45) is 0 Å². The molecule has 0 atom stereocenters. The fourth-order valence-corrected chi connectivity index (χ4v) is 1.93. The zero-order chi connectivity index (χ0) is 13.9. The van der Waals surface area contributed by atoms with Crippen molar-refractivity contribution in [1.82, 2.24) is 9.97 Å². The minimum absolute atomic E-state index is 0.284. The summed E-state index contributed by atoms with van der Waals surface area (Å²) in [5.41, 5.74) is -0.0336. The van der Waals surface area contributed by atoms with Gasteiger partial charge in [0.05, 0.1) is 21.8 Å². The number of nitrogens with one attached hydrogen (secondary N) is 1. The summed E-state index contributed by atoms with van der Waals surface area (Å²) in [6, 6.07) is 13.5. The van der Waals surface area contributed by atoms with E-state index in [1.54, 1.807) is 48.5 Å². The molecule has 0 fully saturated rings. The molecular formula is C15H10N2O3. The number of aromatic amines is 1. The fraction of sp³-hybridized carbons (Fsp3) is 0. The van der Waals surface area contributed by atoms with Crippen molar-refractivity contribution in [3.05, 3.63) is 75.7 Å². The number of rotatable bonds is 0. The van der Waals surface area contributed by atoms with Crippen LogP contribution in [0.1, 0.15) is 0 Å². The van der Waals surface area contributed by atoms with Gasteiger partial charge in [-0.15, -0.1) is 0 Å². The summed E-state index contributed by atoms with van der Waals surface area (Å²) in [4.78, 5) is 30.8. The number of benzene rings is 2. The number of fused-ring (bicyclic) bond motifs is 2. The number of para-hydroxylation sites is 2. The molecule has 0 aliphatic heterocycles. The Morgan fingerprint density at radius 1 is 0.900 bits per heavy atom. The average Bonchev–Trinajstić information content (AvgIpc) is 2.47. The molecule has 98 valence electrons. The predicted octanol–water partition coefficient (Wildman–Crippen LogP) is 2.15. The lowest BCUT2D eigenvalue weighted by molar-refractivity contribution is 0.505. The lowest BCUT2D eigenvalue weighted by Gasteiger charge is -1.93. The van der Waals surface area contributed by atoms with Gasteiger partial charge in [-0.25, -0.2) is 9.78 Å². The number of hydrogen-bond acceptors (Lipinski definition) is 4. The Morgan fingerprint density at radius 2 is 1.60 bits per heavy atom. The Balaban J connectivity index is 2.62. The monoisotopic (exact) mass is 266 g/mol. The second-order valence-electron chi connectivity index (χ2n) is 4.16. The van der Waals surface area contributed by atoms with Crippen molar-refractivity contribution >= 4 is 21.8 Å². The molecular weight excluding hydrogens is 256 g/mol. The van der Waals surface area contributed by atoms with Crippen molar-refractivity contribution in [2.45, 2.75) is 0 Å². The first-order chi connectivity index (χ1) is 9.75. The van der Waals surface area contributed by atoms with Gasteiger partial charge in [-0.1, -0.05) is 24.3 Å². The minimum atomic E-state index is -0.566. The van der Waals surface area contributed by atoms with Crippen molar-refractivity contribution in [3.8, 4) is 0 Å². The summed E-state index contributed by atoms with van der Waals surface area (Å²) < 4.78 is 4.96. The molecule has 1 aromatic heterocycles. The summed E-state index contributed by atoms with van der Waals surface area (Å²) in [5.74, 6) is 0. The van der Waals surface area contributed by atoms with E-state index in [1.807, 2.05) is 0 Å². The van der Waals surface area contributed by atoms with Crippen LogP contribution >= 0.6 is 0 Å². The van der Waals surface area contributed by atoms with Gasteiger partial charge in [0.1, 0.15) is 0 Å². The van der Waals surface area contributed by atoms with Crippen LogP contribution in [0.2, 0.25) is 0 Å². The second-order valence-corrected chi connectivity index (χ2v) is 4.16. The van der Waals surface area contributed by atoms with Crippen LogP contribution in [0, 0.1) is 0 Å². The van der Waals surface area contributed by atoms with Crippen LogP contribution in [0.25, 0.3) is 21.8 Å². The molecule has 0 amide bonds. The highest BCUT2D eigenvalue weighted by Crippen LogP contribution is 2.05. The smallest absolute Gasteiger partial charge is 0.346 e. The van der Waals surface area contributed by atoms with Crippen LogP contribution in [0.3, 0.4) is 0 Å². The number of aromatic nitrogens is 2. The van der Waals surface area contributed by atoms with Crippen molar-refractivity contribution < 1.29 is 4.42 Å². The van der Waals surface area contributed by atoms with E-state index in [4.69, 9.17) is 4.42 Å². The van der Waals surface area contributed by atoms with E-state index in [0.717, 1.165) is 6.39 Å². The molecule has 0 aliphatic carbocycles. The van der Waals surface area contributed by atoms with Gasteiger partial charge < -0.3 is 9.40 Å². The molecule has 3 rings (SSSR count). The van der Waals surface area contributed by atoms with E-state index in [0.29, 0.717) is 16.4 Å². The largest absolute Gasteiger partial charge is 0.411 e. The van der Waals surface area contributed by atoms with Crippen LogP contribution < -0.4 is 11.2 Å². The number of hydrogen-bond donors (Lipinski definition) is 1. The third kappa shape index (κ3) is 2.16. The fourth-order valence-electron chi connectivity index (χ4n) is 1.93. The molecule has 0 radical (unpaired) electrons. The van der Waals surface area contributed by atoms with Gasteiger partial charge in [-0.3, -0.25) is 4.79 Å². The molecule has 20 heavy (non-hydrogen) atoms. The van der Waals surface area contributed by atoms with Crippen molar-refractivity contribution in [3.63, 3.8) is 0 Å². The molecule has 0 saturated heterocycles. The van der Waals surface area contributed by atoms with E-state index in [9.17, 15) is 9.59 Å². The molecule has 3 aromatic rings. The maximum absolute atomic E-state index is 12.3. The van der Waals surface area contributed by atoms with E-state index in [-0.39, 0.29) is 10.9 Å². The van der Waals surface area contributed by atoms with Gasteiger partial charge in [-0.2, -0.15) is 0 Å². The van der Waals surface area contributed by atoms with Gasteiger partial charge in [0.15, 0.2) is 6.39 Å². The lowest BCUT2D eigenvalue weighted by atomic mass is 10.2. The molecule has 0 unspecified atom stereocenters. The zero-order valence-electron chi connectivity index (χ0n) is 10.4. The Hall–Kier alpha value is -2.95. The molecule has 0 bridgehead atoms. The first-order valence-corrected chi connectivity index (χ1v) is 5.98. The van der Waals surface area contributed by atoms with E-state index >= 15 is 0 Å². The molecule has 0 saturated carbocycles. The highest BCUT2D eigenvalue weighted by Gasteiger charge is 1.98. The van der Waals surface area contributed by atoms with E-state index in [2.05, 4.69) is 9.97 Å². The number of nitrogens with zero attached hydrogens (tertiary/aromatic N) is 1. The third-order valence-corrected chi connectivity index (χ3v) is 2.90. The van der Waals surface area contributed by atoms with Gasteiger partial charge in [-0.05, 0) is 24.3 Å². The lowest BCUT2D eigenvalue weighted by Crippen LogP contribution is -2.06.